The Balaban J connectivity index is 2.03. The van der Waals surface area contributed by atoms with Crippen LogP contribution in [0.25, 0.3) is 0 Å². The first-order valence-electron chi connectivity index (χ1n) is 6.81. The van der Waals surface area contributed by atoms with E-state index in [4.69, 9.17) is 25.9 Å². The van der Waals surface area contributed by atoms with Gasteiger partial charge in [0, 0.05) is 6.20 Å². The van der Waals surface area contributed by atoms with E-state index in [1.165, 1.54) is 18.3 Å². The molecule has 7 nitrogen and oxygen atoms in total. The van der Waals surface area contributed by atoms with Gasteiger partial charge in [-0.05, 0) is 26.0 Å². The molecule has 1 amide bonds. The van der Waals surface area contributed by atoms with Gasteiger partial charge < -0.3 is 19.6 Å². The molecule has 122 valence electrons. The molecule has 0 aromatic carbocycles. The topological polar surface area (TPSA) is 102 Å². The second-order valence-corrected chi connectivity index (χ2v) is 5.02. The molecule has 0 aliphatic carbocycles. The summed E-state index contributed by atoms with van der Waals surface area (Å²) in [6, 6.07) is 2.83. The standard InChI is InChI=1S/C15H15ClN2O5/c1-3-22-14-12(16)4-9(6-18-14)13(19)17-7-10-5-11(15(20)21)8(2)23-10/h4-6H,3,7H2,1-2H3,(H,17,19)(H,20,21). The van der Waals surface area contributed by atoms with Gasteiger partial charge in [-0.3, -0.25) is 4.79 Å². The number of aryl methyl sites for hydroxylation is 1. The minimum Gasteiger partial charge on any atom is -0.478 e. The van der Waals surface area contributed by atoms with Gasteiger partial charge in [0.1, 0.15) is 22.1 Å². The number of amides is 1. The van der Waals surface area contributed by atoms with E-state index in [-0.39, 0.29) is 34.3 Å². The molecule has 0 saturated heterocycles. The Kier molecular flexibility index (Phi) is 5.23. The average Bonchev–Trinajstić information content (AvgIpc) is 2.88. The molecule has 0 fully saturated rings. The van der Waals surface area contributed by atoms with Crippen LogP contribution in [0.5, 0.6) is 5.88 Å². The van der Waals surface area contributed by atoms with E-state index in [9.17, 15) is 9.59 Å². The predicted octanol–water partition coefficient (Wildman–Crippen LogP) is 2.66. The molecule has 0 radical (unpaired) electrons. The number of pyridine rings is 1. The lowest BCUT2D eigenvalue weighted by Crippen LogP contribution is -2.22. The zero-order chi connectivity index (χ0) is 17.0. The van der Waals surface area contributed by atoms with Crippen molar-refractivity contribution in [3.05, 3.63) is 46.0 Å². The molecule has 23 heavy (non-hydrogen) atoms. The van der Waals surface area contributed by atoms with Crippen molar-refractivity contribution in [2.24, 2.45) is 0 Å². The number of carbonyl (C=O) groups excluding carboxylic acids is 1. The fourth-order valence-electron chi connectivity index (χ4n) is 1.91. The Labute approximate surface area is 137 Å². The first-order chi connectivity index (χ1) is 10.9. The van der Waals surface area contributed by atoms with E-state index in [1.54, 1.807) is 13.8 Å². The highest BCUT2D eigenvalue weighted by atomic mass is 35.5. The van der Waals surface area contributed by atoms with Crippen LogP contribution < -0.4 is 10.1 Å². The van der Waals surface area contributed by atoms with Gasteiger partial charge in [-0.2, -0.15) is 0 Å². The number of hydrogen-bond acceptors (Lipinski definition) is 5. The van der Waals surface area contributed by atoms with E-state index in [2.05, 4.69) is 10.3 Å². The molecule has 0 bridgehead atoms. The second kappa shape index (κ2) is 7.15. The lowest BCUT2D eigenvalue weighted by Gasteiger charge is -2.07. The Morgan fingerprint density at radius 1 is 1.43 bits per heavy atom. The summed E-state index contributed by atoms with van der Waals surface area (Å²) >= 11 is 5.98. The van der Waals surface area contributed by atoms with Gasteiger partial charge in [0.25, 0.3) is 5.91 Å². The Morgan fingerprint density at radius 3 is 2.74 bits per heavy atom. The third kappa shape index (κ3) is 4.01. The number of halogens is 1. The summed E-state index contributed by atoms with van der Waals surface area (Å²) in [6.45, 7) is 3.82. The summed E-state index contributed by atoms with van der Waals surface area (Å²) in [6.07, 6.45) is 1.35. The van der Waals surface area contributed by atoms with E-state index >= 15 is 0 Å². The maximum Gasteiger partial charge on any atom is 0.339 e. The minimum atomic E-state index is -1.08. The third-order valence-corrected chi connectivity index (χ3v) is 3.24. The van der Waals surface area contributed by atoms with Crippen molar-refractivity contribution in [3.8, 4) is 5.88 Å². The van der Waals surface area contributed by atoms with Crippen LogP contribution in [0.2, 0.25) is 5.02 Å². The van der Waals surface area contributed by atoms with Crippen LogP contribution in [0.4, 0.5) is 0 Å². The van der Waals surface area contributed by atoms with Gasteiger partial charge in [-0.15, -0.1) is 0 Å². The molecule has 0 spiro atoms. The van der Waals surface area contributed by atoms with Gasteiger partial charge in [-0.25, -0.2) is 9.78 Å². The molecule has 2 rings (SSSR count). The maximum atomic E-state index is 12.1. The summed E-state index contributed by atoms with van der Waals surface area (Å²) in [5.41, 5.74) is 0.334. The first-order valence-corrected chi connectivity index (χ1v) is 7.19. The number of aromatic nitrogens is 1. The van der Waals surface area contributed by atoms with E-state index < -0.39 is 11.9 Å². The van der Waals surface area contributed by atoms with Crippen LogP contribution >= 0.6 is 11.6 Å². The quantitative estimate of drug-likeness (QED) is 0.839. The number of rotatable bonds is 6. The largest absolute Gasteiger partial charge is 0.478 e. The number of carboxylic acids is 1. The Bertz CT molecular complexity index is 741. The molecule has 0 atom stereocenters. The molecule has 0 aliphatic rings. The van der Waals surface area contributed by atoms with Gasteiger partial charge in [0.2, 0.25) is 5.88 Å². The molecule has 0 aliphatic heterocycles. The average molecular weight is 339 g/mol. The van der Waals surface area contributed by atoms with Gasteiger partial charge in [0.15, 0.2) is 0 Å². The van der Waals surface area contributed by atoms with Crippen LogP contribution in [0, 0.1) is 6.92 Å². The highest BCUT2D eigenvalue weighted by Gasteiger charge is 2.15. The molecule has 2 heterocycles. The normalized spacial score (nSPS) is 10.4. The smallest absolute Gasteiger partial charge is 0.339 e. The lowest BCUT2D eigenvalue weighted by atomic mass is 10.2. The molecule has 2 N–H and O–H groups in total. The molecule has 0 unspecified atom stereocenters. The van der Waals surface area contributed by atoms with Crippen molar-refractivity contribution in [2.45, 2.75) is 20.4 Å². The fraction of sp³-hybridized carbons (Fsp3) is 0.267. The SMILES string of the molecule is CCOc1ncc(C(=O)NCc2cc(C(=O)O)c(C)o2)cc1Cl. The summed E-state index contributed by atoms with van der Waals surface area (Å²) in [5.74, 6) is -0.594. The highest BCUT2D eigenvalue weighted by molar-refractivity contribution is 6.32. The summed E-state index contributed by atoms with van der Waals surface area (Å²) in [7, 11) is 0. The highest BCUT2D eigenvalue weighted by Crippen LogP contribution is 2.22. The molecular formula is C15H15ClN2O5. The van der Waals surface area contributed by atoms with E-state index in [1.807, 2.05) is 0 Å². The number of furan rings is 1. The molecule has 8 heteroatoms. The summed E-state index contributed by atoms with van der Waals surface area (Å²) in [5, 5.41) is 11.8. The van der Waals surface area contributed by atoms with E-state index in [0.717, 1.165) is 0 Å². The number of nitrogens with zero attached hydrogens (tertiary/aromatic N) is 1. The Morgan fingerprint density at radius 2 is 2.17 bits per heavy atom. The molecule has 2 aromatic heterocycles. The van der Waals surface area contributed by atoms with Gasteiger partial charge in [0.05, 0.1) is 18.7 Å². The van der Waals surface area contributed by atoms with Crippen molar-refractivity contribution in [2.75, 3.05) is 6.61 Å². The van der Waals surface area contributed by atoms with Crippen LogP contribution in [-0.4, -0.2) is 28.6 Å². The van der Waals surface area contributed by atoms with Gasteiger partial charge >= 0.3 is 5.97 Å². The number of aromatic carboxylic acids is 1. The lowest BCUT2D eigenvalue weighted by molar-refractivity contribution is 0.0694. The zero-order valence-electron chi connectivity index (χ0n) is 12.6. The number of nitrogens with one attached hydrogen (secondary N) is 1. The number of hydrogen-bond donors (Lipinski definition) is 2. The summed E-state index contributed by atoms with van der Waals surface area (Å²) < 4.78 is 10.5. The number of ether oxygens (including phenoxy) is 1. The number of carbonyl (C=O) groups is 2. The fourth-order valence-corrected chi connectivity index (χ4v) is 2.13. The monoisotopic (exact) mass is 338 g/mol. The van der Waals surface area contributed by atoms with Crippen LogP contribution in [0.3, 0.4) is 0 Å². The van der Waals surface area contributed by atoms with Crippen LogP contribution in [-0.2, 0) is 6.54 Å². The Hall–Kier alpha value is -2.54. The van der Waals surface area contributed by atoms with Crippen molar-refractivity contribution in [1.29, 1.82) is 0 Å². The molecule has 2 aromatic rings. The van der Waals surface area contributed by atoms with Crippen molar-refractivity contribution < 1.29 is 23.8 Å². The van der Waals surface area contributed by atoms with Gasteiger partial charge in [-0.1, -0.05) is 11.6 Å². The second-order valence-electron chi connectivity index (χ2n) is 4.61. The van der Waals surface area contributed by atoms with Crippen LogP contribution in [0.1, 0.15) is 39.2 Å². The van der Waals surface area contributed by atoms with Crippen molar-refractivity contribution in [3.63, 3.8) is 0 Å². The molecule has 0 saturated carbocycles. The maximum absolute atomic E-state index is 12.1. The van der Waals surface area contributed by atoms with Crippen molar-refractivity contribution >= 4 is 23.5 Å². The molecular weight excluding hydrogens is 324 g/mol. The van der Waals surface area contributed by atoms with Crippen molar-refractivity contribution in [1.82, 2.24) is 10.3 Å². The third-order valence-electron chi connectivity index (χ3n) is 2.97. The van der Waals surface area contributed by atoms with E-state index in [0.29, 0.717) is 12.4 Å². The predicted molar refractivity (Wildman–Crippen MR) is 82.0 cm³/mol. The zero-order valence-corrected chi connectivity index (χ0v) is 13.3. The van der Waals surface area contributed by atoms with Crippen LogP contribution in [0.15, 0.2) is 22.7 Å². The number of carboxylic acid groups (broad SMARTS) is 1. The minimum absolute atomic E-state index is 0.0534. The first kappa shape index (κ1) is 16.8. The summed E-state index contributed by atoms with van der Waals surface area (Å²) in [4.78, 5) is 27.0.